The van der Waals surface area contributed by atoms with E-state index in [1.165, 1.54) is 50.8 Å². The fraction of sp³-hybridized carbons (Fsp3) is 0.923. The summed E-state index contributed by atoms with van der Waals surface area (Å²) in [6, 6.07) is 0.781. The second kappa shape index (κ2) is 6.57. The molecule has 12 atom stereocenters. The molecule has 12 unspecified atom stereocenters. The van der Waals surface area contributed by atoms with E-state index in [-0.39, 0.29) is 0 Å². The molecular formula is C26H40N2O. The molecule has 160 valence electrons. The molecule has 6 rings (SSSR count). The highest BCUT2D eigenvalue weighted by molar-refractivity contribution is 6.05. The highest BCUT2D eigenvalue weighted by Gasteiger charge is 2.59. The molecular weight excluding hydrogens is 356 g/mol. The lowest BCUT2D eigenvalue weighted by Crippen LogP contribution is -2.61. The van der Waals surface area contributed by atoms with Gasteiger partial charge >= 0.3 is 0 Å². The third kappa shape index (κ3) is 2.48. The van der Waals surface area contributed by atoms with Crippen molar-refractivity contribution in [3.63, 3.8) is 0 Å². The zero-order valence-corrected chi connectivity index (χ0v) is 18.9. The minimum Gasteiger partial charge on any atom is -0.295 e. The molecule has 0 aromatic rings. The van der Waals surface area contributed by atoms with Gasteiger partial charge in [0, 0.05) is 11.8 Å². The lowest BCUT2D eigenvalue weighted by atomic mass is 9.53. The summed E-state index contributed by atoms with van der Waals surface area (Å²) < 4.78 is 0. The van der Waals surface area contributed by atoms with Crippen LogP contribution >= 0.6 is 0 Å². The van der Waals surface area contributed by atoms with E-state index in [4.69, 9.17) is 4.99 Å². The Bertz CT molecular complexity index is 728. The number of hydrogen-bond acceptors (Lipinski definition) is 2. The zero-order valence-electron chi connectivity index (χ0n) is 18.9. The Morgan fingerprint density at radius 1 is 0.793 bits per heavy atom. The number of amides is 1. The van der Waals surface area contributed by atoms with Crippen molar-refractivity contribution in [2.75, 3.05) is 0 Å². The van der Waals surface area contributed by atoms with Gasteiger partial charge in [-0.3, -0.25) is 14.7 Å². The first-order valence-electron chi connectivity index (χ1n) is 12.9. The van der Waals surface area contributed by atoms with Crippen LogP contribution in [0.25, 0.3) is 0 Å². The number of amidine groups is 1. The van der Waals surface area contributed by atoms with Crippen molar-refractivity contribution in [1.82, 2.24) is 4.90 Å². The van der Waals surface area contributed by atoms with E-state index in [0.717, 1.165) is 47.8 Å². The van der Waals surface area contributed by atoms with Crippen LogP contribution in [0.1, 0.15) is 79.1 Å². The molecule has 4 saturated carbocycles. The predicted octanol–water partition coefficient (Wildman–Crippen LogP) is 5.39. The van der Waals surface area contributed by atoms with Gasteiger partial charge in [0.05, 0.1) is 12.1 Å². The molecule has 2 aliphatic heterocycles. The summed E-state index contributed by atoms with van der Waals surface area (Å²) in [5.74, 6) is 8.84. The molecule has 0 bridgehead atoms. The Kier molecular flexibility index (Phi) is 4.27. The van der Waals surface area contributed by atoms with Gasteiger partial charge in [-0.2, -0.15) is 0 Å². The van der Waals surface area contributed by atoms with Gasteiger partial charge in [0.15, 0.2) is 0 Å². The maximum atomic E-state index is 13.8. The Hall–Kier alpha value is -0.860. The van der Waals surface area contributed by atoms with E-state index in [2.05, 4.69) is 32.6 Å². The number of aliphatic imine (C=N–C) groups is 1. The minimum absolute atomic E-state index is 0.316. The largest absolute Gasteiger partial charge is 0.295 e. The molecule has 29 heavy (non-hydrogen) atoms. The van der Waals surface area contributed by atoms with Crippen LogP contribution in [-0.2, 0) is 4.79 Å². The van der Waals surface area contributed by atoms with Crippen LogP contribution in [-0.4, -0.2) is 28.7 Å². The molecule has 0 N–H and O–H groups in total. The second-order valence-corrected chi connectivity index (χ2v) is 12.0. The van der Waals surface area contributed by atoms with Crippen molar-refractivity contribution in [3.05, 3.63) is 0 Å². The van der Waals surface area contributed by atoms with Crippen LogP contribution in [0.3, 0.4) is 0 Å². The molecule has 6 aliphatic rings. The fourth-order valence-electron chi connectivity index (χ4n) is 9.36. The number of hydrogen-bond donors (Lipinski definition) is 0. The third-order valence-corrected chi connectivity index (χ3v) is 11.3. The first-order chi connectivity index (χ1) is 14.0. The standard InChI is InChI=1S/C26H40N2O/c1-13-14(2)16(4)21-12-23-22(11-20(21)15(13)3)27-25-18-9-5-7-17-8-6-10-19(24(17)18)26(29)28(23)25/h13-24H,5-12H2,1-4H3. The maximum absolute atomic E-state index is 13.8. The molecule has 1 saturated heterocycles. The summed E-state index contributed by atoms with van der Waals surface area (Å²) in [7, 11) is 0. The molecule has 0 spiro atoms. The lowest BCUT2D eigenvalue weighted by Gasteiger charge is -2.55. The van der Waals surface area contributed by atoms with E-state index in [1.54, 1.807) is 0 Å². The van der Waals surface area contributed by atoms with Crippen molar-refractivity contribution in [2.24, 2.45) is 64.2 Å². The summed E-state index contributed by atoms with van der Waals surface area (Å²) in [6.45, 7) is 9.97. The summed E-state index contributed by atoms with van der Waals surface area (Å²) >= 11 is 0. The normalized spacial score (nSPS) is 56.1. The minimum atomic E-state index is 0.316. The first kappa shape index (κ1) is 18.9. The van der Waals surface area contributed by atoms with Crippen molar-refractivity contribution in [2.45, 2.75) is 91.1 Å². The van der Waals surface area contributed by atoms with Crippen molar-refractivity contribution >= 4 is 11.7 Å². The summed E-state index contributed by atoms with van der Waals surface area (Å²) in [6.07, 6.45) is 10.2. The van der Waals surface area contributed by atoms with Crippen LogP contribution in [0, 0.1) is 59.2 Å². The van der Waals surface area contributed by atoms with E-state index in [9.17, 15) is 4.79 Å². The van der Waals surface area contributed by atoms with Gasteiger partial charge in [-0.15, -0.1) is 0 Å². The van der Waals surface area contributed by atoms with E-state index in [1.807, 2.05) is 0 Å². The van der Waals surface area contributed by atoms with Gasteiger partial charge in [0.25, 0.3) is 0 Å². The molecule has 1 amide bonds. The molecule has 4 aliphatic carbocycles. The van der Waals surface area contributed by atoms with E-state index < -0.39 is 0 Å². The quantitative estimate of drug-likeness (QED) is 0.540. The molecule has 3 heteroatoms. The predicted molar refractivity (Wildman–Crippen MR) is 116 cm³/mol. The Labute approximate surface area is 177 Å². The highest BCUT2D eigenvalue weighted by atomic mass is 16.2. The number of rotatable bonds is 0. The SMILES string of the molecule is CC1C(C)C(C)C2CC3C(CC2C1C)N=C1C2CCCC4CCCC(C(=O)N13)C42. The van der Waals surface area contributed by atoms with E-state index in [0.29, 0.717) is 35.7 Å². The van der Waals surface area contributed by atoms with Crippen molar-refractivity contribution in [1.29, 1.82) is 0 Å². The molecule has 0 radical (unpaired) electrons. The first-order valence-corrected chi connectivity index (χ1v) is 12.9. The van der Waals surface area contributed by atoms with Gasteiger partial charge < -0.3 is 0 Å². The Morgan fingerprint density at radius 3 is 2.10 bits per heavy atom. The van der Waals surface area contributed by atoms with Gasteiger partial charge in [-0.05, 0) is 73.0 Å². The molecule has 0 aromatic carbocycles. The number of fused-ring (bicyclic) bond motifs is 5. The van der Waals surface area contributed by atoms with Crippen LogP contribution < -0.4 is 0 Å². The second-order valence-electron chi connectivity index (χ2n) is 12.0. The molecule has 5 fully saturated rings. The maximum Gasteiger partial charge on any atom is 0.231 e. The monoisotopic (exact) mass is 396 g/mol. The van der Waals surface area contributed by atoms with Gasteiger partial charge in [0.2, 0.25) is 5.91 Å². The number of piperidine rings is 1. The van der Waals surface area contributed by atoms with Gasteiger partial charge in [0.1, 0.15) is 5.84 Å². The van der Waals surface area contributed by atoms with Gasteiger partial charge in [-0.1, -0.05) is 53.4 Å². The number of carbonyl (C=O) groups is 1. The number of nitrogens with zero attached hydrogens (tertiary/aromatic N) is 2. The average molecular weight is 397 g/mol. The smallest absolute Gasteiger partial charge is 0.231 e. The van der Waals surface area contributed by atoms with Crippen LogP contribution in [0.5, 0.6) is 0 Å². The zero-order chi connectivity index (χ0) is 20.0. The molecule has 3 nitrogen and oxygen atoms in total. The van der Waals surface area contributed by atoms with E-state index >= 15 is 0 Å². The Balaban J connectivity index is 1.35. The third-order valence-electron chi connectivity index (χ3n) is 11.3. The molecule has 0 aromatic heterocycles. The molecule has 2 heterocycles. The summed E-state index contributed by atoms with van der Waals surface area (Å²) in [4.78, 5) is 21.5. The summed E-state index contributed by atoms with van der Waals surface area (Å²) in [5.41, 5.74) is 0. The van der Waals surface area contributed by atoms with Crippen LogP contribution in [0.15, 0.2) is 4.99 Å². The fourth-order valence-corrected chi connectivity index (χ4v) is 9.36. The van der Waals surface area contributed by atoms with Gasteiger partial charge in [-0.25, -0.2) is 0 Å². The average Bonchev–Trinajstić information content (AvgIpc) is 3.12. The Morgan fingerprint density at radius 2 is 1.41 bits per heavy atom. The highest BCUT2D eigenvalue weighted by Crippen LogP contribution is 2.57. The van der Waals surface area contributed by atoms with Crippen LogP contribution in [0.4, 0.5) is 0 Å². The van der Waals surface area contributed by atoms with Crippen LogP contribution in [0.2, 0.25) is 0 Å². The van der Waals surface area contributed by atoms with Crippen molar-refractivity contribution < 1.29 is 4.79 Å². The summed E-state index contributed by atoms with van der Waals surface area (Å²) in [5, 5.41) is 0. The topological polar surface area (TPSA) is 32.7 Å². The number of carbonyl (C=O) groups excluding carboxylic acids is 1. The lowest BCUT2D eigenvalue weighted by molar-refractivity contribution is -0.144. The van der Waals surface area contributed by atoms with Crippen molar-refractivity contribution in [3.8, 4) is 0 Å².